The van der Waals surface area contributed by atoms with Gasteiger partial charge in [0.2, 0.25) is 0 Å². The minimum Gasteiger partial charge on any atom is -0.492 e. The van der Waals surface area contributed by atoms with Crippen molar-refractivity contribution in [3.8, 4) is 5.75 Å². The Morgan fingerprint density at radius 2 is 1.79 bits per heavy atom. The molecule has 1 aromatic carbocycles. The first-order valence-corrected chi connectivity index (χ1v) is 13.7. The molecule has 0 spiro atoms. The van der Waals surface area contributed by atoms with E-state index in [9.17, 15) is 30.8 Å². The fourth-order valence-corrected chi connectivity index (χ4v) is 5.55. The van der Waals surface area contributed by atoms with Crippen LogP contribution in [0.4, 0.5) is 17.6 Å². The second kappa shape index (κ2) is 12.8. The summed E-state index contributed by atoms with van der Waals surface area (Å²) in [6.45, 7) is 2.37. The molecule has 10 nitrogen and oxygen atoms in total. The van der Waals surface area contributed by atoms with E-state index in [-0.39, 0.29) is 36.1 Å². The number of nitrogens with zero attached hydrogens (tertiary/aromatic N) is 1. The summed E-state index contributed by atoms with van der Waals surface area (Å²) in [4.78, 5) is 21.3. The van der Waals surface area contributed by atoms with Crippen LogP contribution in [0.1, 0.15) is 42.5 Å². The number of ether oxygens (including phenoxy) is 2. The van der Waals surface area contributed by atoms with Crippen molar-refractivity contribution in [3.05, 3.63) is 28.5 Å². The maximum atomic E-state index is 14.5. The Hall–Kier alpha value is -2.20. The van der Waals surface area contributed by atoms with Gasteiger partial charge in [-0.1, -0.05) is 24.4 Å². The van der Waals surface area contributed by atoms with Crippen LogP contribution in [0.5, 0.6) is 5.75 Å². The van der Waals surface area contributed by atoms with Gasteiger partial charge in [0.25, 0.3) is 5.91 Å². The third-order valence-electron chi connectivity index (χ3n) is 6.23. The van der Waals surface area contributed by atoms with Gasteiger partial charge in [-0.05, 0) is 37.8 Å². The van der Waals surface area contributed by atoms with Gasteiger partial charge in [-0.3, -0.25) is 4.79 Å². The molecule has 3 fully saturated rings. The van der Waals surface area contributed by atoms with E-state index in [4.69, 9.17) is 31.0 Å². The number of carboxylic acids is 1. The Labute approximate surface area is 221 Å². The van der Waals surface area contributed by atoms with Crippen LogP contribution in [-0.4, -0.2) is 80.9 Å². The van der Waals surface area contributed by atoms with Gasteiger partial charge in [-0.25, -0.2) is 13.9 Å². The number of hydrogen-bond donors (Lipinski definition) is 3. The van der Waals surface area contributed by atoms with E-state index in [0.29, 0.717) is 12.5 Å². The number of benzene rings is 1. The lowest BCUT2D eigenvalue weighted by molar-refractivity contribution is -0.192. The van der Waals surface area contributed by atoms with Crippen molar-refractivity contribution in [2.24, 2.45) is 5.92 Å². The predicted molar refractivity (Wildman–Crippen MR) is 127 cm³/mol. The third kappa shape index (κ3) is 8.40. The van der Waals surface area contributed by atoms with Gasteiger partial charge in [0.15, 0.2) is 0 Å². The molecule has 2 heterocycles. The predicted octanol–water partition coefficient (Wildman–Crippen LogP) is 2.72. The number of carbonyl (C=O) groups excluding carboxylic acids is 1. The number of alkyl halides is 3. The largest absolute Gasteiger partial charge is 0.492 e. The Morgan fingerprint density at radius 3 is 2.34 bits per heavy atom. The number of aliphatic carboxylic acids is 1. The molecule has 1 amide bonds. The summed E-state index contributed by atoms with van der Waals surface area (Å²) in [5.41, 5.74) is -0.452. The van der Waals surface area contributed by atoms with Gasteiger partial charge in [0.05, 0.1) is 29.4 Å². The molecule has 2 aliphatic heterocycles. The Kier molecular flexibility index (Phi) is 10.2. The van der Waals surface area contributed by atoms with Crippen molar-refractivity contribution < 1.29 is 50.1 Å². The highest BCUT2D eigenvalue weighted by Crippen LogP contribution is 2.31. The maximum Gasteiger partial charge on any atom is 0.490 e. The van der Waals surface area contributed by atoms with Crippen LogP contribution in [-0.2, 0) is 19.7 Å². The van der Waals surface area contributed by atoms with E-state index in [1.54, 1.807) is 0 Å². The van der Waals surface area contributed by atoms with Crippen LogP contribution < -0.4 is 14.8 Å². The molecule has 0 unspecified atom stereocenters. The summed E-state index contributed by atoms with van der Waals surface area (Å²) in [6, 6.07) is 2.13. The van der Waals surface area contributed by atoms with Crippen molar-refractivity contribution in [3.63, 3.8) is 0 Å². The van der Waals surface area contributed by atoms with Crippen LogP contribution in [0.2, 0.25) is 5.02 Å². The first-order chi connectivity index (χ1) is 17.8. The summed E-state index contributed by atoms with van der Waals surface area (Å²) in [6.07, 6.45) is 0.127. The van der Waals surface area contributed by atoms with E-state index >= 15 is 0 Å². The molecule has 0 aromatic heterocycles. The van der Waals surface area contributed by atoms with Gasteiger partial charge >= 0.3 is 22.4 Å². The number of nitrogens with one attached hydrogen (secondary N) is 2. The van der Waals surface area contributed by atoms with Crippen LogP contribution in [0.3, 0.4) is 0 Å². The van der Waals surface area contributed by atoms with Crippen LogP contribution in [0, 0.1) is 11.7 Å². The second-order valence-corrected chi connectivity index (χ2v) is 11.2. The number of rotatable bonds is 8. The van der Waals surface area contributed by atoms with Gasteiger partial charge in [0, 0.05) is 25.7 Å². The first kappa shape index (κ1) is 30.3. The molecule has 0 bridgehead atoms. The van der Waals surface area contributed by atoms with E-state index in [0.717, 1.165) is 61.6 Å². The summed E-state index contributed by atoms with van der Waals surface area (Å²) in [7, 11) is -4.10. The number of amides is 1. The molecule has 1 saturated carbocycles. The Balaban J connectivity index is 0.000000505. The summed E-state index contributed by atoms with van der Waals surface area (Å²) in [5.74, 6) is -4.16. The highest BCUT2D eigenvalue weighted by molar-refractivity contribution is 7.87. The van der Waals surface area contributed by atoms with Crippen molar-refractivity contribution in [2.45, 2.75) is 50.5 Å². The molecule has 1 aliphatic carbocycles. The molecular weight excluding hydrogens is 562 g/mol. The fraction of sp³-hybridized carbons (Fsp3) is 0.636. The highest BCUT2D eigenvalue weighted by atomic mass is 35.5. The van der Waals surface area contributed by atoms with Crippen LogP contribution in [0.15, 0.2) is 12.1 Å². The topological polar surface area (TPSA) is 134 Å². The molecule has 3 N–H and O–H groups in total. The molecule has 3 aliphatic rings. The number of carboxylic acid groups (broad SMARTS) is 1. The molecule has 4 rings (SSSR count). The van der Waals surface area contributed by atoms with E-state index in [2.05, 4.69) is 5.32 Å². The minimum atomic E-state index is -5.08. The lowest BCUT2D eigenvalue weighted by Gasteiger charge is -2.38. The zero-order chi connectivity index (χ0) is 28.1. The highest BCUT2D eigenvalue weighted by Gasteiger charge is 2.39. The van der Waals surface area contributed by atoms with Crippen molar-refractivity contribution in [1.29, 1.82) is 0 Å². The van der Waals surface area contributed by atoms with Crippen molar-refractivity contribution in [2.75, 3.05) is 32.8 Å². The van der Waals surface area contributed by atoms with Gasteiger partial charge in [-0.2, -0.15) is 25.9 Å². The van der Waals surface area contributed by atoms with E-state index in [1.807, 2.05) is 4.72 Å². The lowest BCUT2D eigenvalue weighted by atomic mass is 10.1. The zero-order valence-corrected chi connectivity index (χ0v) is 21.7. The maximum absolute atomic E-state index is 14.5. The normalized spacial score (nSPS) is 20.9. The molecule has 0 radical (unpaired) electrons. The zero-order valence-electron chi connectivity index (χ0n) is 20.1. The molecule has 2 saturated heterocycles. The molecule has 1 aromatic rings. The first-order valence-electron chi connectivity index (χ1n) is 11.9. The Morgan fingerprint density at radius 1 is 1.16 bits per heavy atom. The average molecular weight is 590 g/mol. The van der Waals surface area contributed by atoms with Gasteiger partial charge in [-0.15, -0.1) is 0 Å². The SMILES string of the molecule is O=C(NS(=O)(=O)N1CC(O[C@@H]2CCNC2)C1)c1cc(Cl)c(OCC2CCCC2)cc1F.O=C(O)C(F)(F)F. The Bertz CT molecular complexity index is 1100. The quantitative estimate of drug-likeness (QED) is 0.394. The summed E-state index contributed by atoms with van der Waals surface area (Å²) >= 11 is 6.15. The average Bonchev–Trinajstić information content (AvgIpc) is 3.49. The van der Waals surface area contributed by atoms with Gasteiger partial charge in [0.1, 0.15) is 11.6 Å². The monoisotopic (exact) mass is 589 g/mol. The summed E-state index contributed by atoms with van der Waals surface area (Å²) < 4.78 is 85.5. The number of halogens is 5. The standard InChI is InChI=1S/C20H27ClFN3O5S.C2HF3O2/c21-17-7-16(18(22)8-19(17)29-12-13-3-1-2-4-13)20(26)24-31(27,28)25-10-15(11-25)30-14-5-6-23-9-14;3-2(4,5)1(6)7/h7-8,13-15,23H,1-6,9-12H2,(H,24,26);(H,6,7)/t14-;/m1./s1. The van der Waals surface area contributed by atoms with Crippen LogP contribution >= 0.6 is 11.6 Å². The third-order valence-corrected chi connectivity index (χ3v) is 7.95. The molecular formula is C22H28ClF4N3O7S. The summed E-state index contributed by atoms with van der Waals surface area (Å²) in [5, 5.41) is 10.4. The molecule has 214 valence electrons. The molecule has 1 atom stereocenters. The van der Waals surface area contributed by atoms with E-state index < -0.39 is 39.6 Å². The lowest BCUT2D eigenvalue weighted by Crippen LogP contribution is -2.59. The van der Waals surface area contributed by atoms with Gasteiger partial charge < -0.3 is 19.9 Å². The molecule has 16 heteroatoms. The second-order valence-electron chi connectivity index (χ2n) is 9.15. The number of carbonyl (C=O) groups is 2. The van der Waals surface area contributed by atoms with Crippen molar-refractivity contribution in [1.82, 2.24) is 14.3 Å². The smallest absolute Gasteiger partial charge is 0.490 e. The van der Waals surface area contributed by atoms with Crippen LogP contribution in [0.25, 0.3) is 0 Å². The number of hydrogen-bond acceptors (Lipinski definition) is 7. The van der Waals surface area contributed by atoms with Crippen molar-refractivity contribution >= 4 is 33.7 Å². The minimum absolute atomic E-state index is 0.0598. The molecule has 38 heavy (non-hydrogen) atoms. The fourth-order valence-electron chi connectivity index (χ4n) is 4.13. The van der Waals surface area contributed by atoms with E-state index in [1.165, 1.54) is 0 Å².